The van der Waals surface area contributed by atoms with Gasteiger partial charge >= 0.3 is 0 Å². The van der Waals surface area contributed by atoms with Gasteiger partial charge in [-0.05, 0) is 6.42 Å². The molecule has 0 unspecified atom stereocenters. The zero-order valence-corrected chi connectivity index (χ0v) is 9.81. The van der Waals surface area contributed by atoms with Crippen molar-refractivity contribution in [2.24, 2.45) is 5.73 Å². The lowest BCUT2D eigenvalue weighted by Crippen LogP contribution is -2.09. The lowest BCUT2D eigenvalue weighted by Gasteiger charge is -2.00. The van der Waals surface area contributed by atoms with E-state index in [-0.39, 0.29) is 6.04 Å². The molecule has 6 heteroatoms. The molecular formula is C10H19N3O3. The topological polar surface area (TPSA) is 83.4 Å². The summed E-state index contributed by atoms with van der Waals surface area (Å²) in [5.74, 6) is 1.13. The van der Waals surface area contributed by atoms with E-state index in [1.165, 1.54) is 0 Å². The molecule has 1 aromatic heterocycles. The quantitative estimate of drug-likeness (QED) is 0.660. The smallest absolute Gasteiger partial charge is 0.243 e. The summed E-state index contributed by atoms with van der Waals surface area (Å²) in [7, 11) is 1.64. The second-order valence-corrected chi connectivity index (χ2v) is 3.42. The number of aromatic nitrogens is 2. The van der Waals surface area contributed by atoms with Crippen LogP contribution in [0.1, 0.15) is 31.1 Å². The van der Waals surface area contributed by atoms with Crippen molar-refractivity contribution < 1.29 is 14.0 Å². The third-order valence-corrected chi connectivity index (χ3v) is 2.14. The van der Waals surface area contributed by atoms with Crippen molar-refractivity contribution in [3.8, 4) is 0 Å². The van der Waals surface area contributed by atoms with E-state index in [1.807, 2.05) is 6.92 Å². The monoisotopic (exact) mass is 229 g/mol. The fourth-order valence-electron chi connectivity index (χ4n) is 1.10. The lowest BCUT2D eigenvalue weighted by molar-refractivity contribution is 0.0714. The zero-order valence-electron chi connectivity index (χ0n) is 9.81. The van der Waals surface area contributed by atoms with E-state index >= 15 is 0 Å². The van der Waals surface area contributed by atoms with E-state index in [0.717, 1.165) is 6.42 Å². The van der Waals surface area contributed by atoms with Crippen LogP contribution in [0.4, 0.5) is 0 Å². The summed E-state index contributed by atoms with van der Waals surface area (Å²) in [5.41, 5.74) is 5.76. The molecule has 1 rings (SSSR count). The SMILES string of the molecule is CC[C@H](N)c1nc(CCOCCOC)no1. The molecule has 0 spiro atoms. The summed E-state index contributed by atoms with van der Waals surface area (Å²) in [6.07, 6.45) is 1.41. The first-order chi connectivity index (χ1) is 7.77. The Labute approximate surface area is 95.1 Å². The van der Waals surface area contributed by atoms with Gasteiger partial charge in [0.25, 0.3) is 0 Å². The van der Waals surface area contributed by atoms with Gasteiger partial charge in [0.05, 0.1) is 25.9 Å². The normalized spacial score (nSPS) is 12.9. The summed E-state index contributed by atoms with van der Waals surface area (Å²) < 4.78 is 15.2. The zero-order chi connectivity index (χ0) is 11.8. The van der Waals surface area contributed by atoms with Crippen LogP contribution in [0.3, 0.4) is 0 Å². The fraction of sp³-hybridized carbons (Fsp3) is 0.800. The van der Waals surface area contributed by atoms with Crippen molar-refractivity contribution in [2.45, 2.75) is 25.8 Å². The minimum atomic E-state index is -0.171. The van der Waals surface area contributed by atoms with Crippen LogP contribution in [0.2, 0.25) is 0 Å². The van der Waals surface area contributed by atoms with E-state index in [4.69, 9.17) is 19.7 Å². The summed E-state index contributed by atoms with van der Waals surface area (Å²) in [6, 6.07) is -0.171. The average molecular weight is 229 g/mol. The molecule has 0 aliphatic rings. The van der Waals surface area contributed by atoms with E-state index in [2.05, 4.69) is 10.1 Å². The second-order valence-electron chi connectivity index (χ2n) is 3.42. The van der Waals surface area contributed by atoms with Crippen molar-refractivity contribution in [3.05, 3.63) is 11.7 Å². The molecule has 0 amide bonds. The van der Waals surface area contributed by atoms with Crippen LogP contribution in [0, 0.1) is 0 Å². The van der Waals surface area contributed by atoms with Gasteiger partial charge in [0.1, 0.15) is 0 Å². The number of methoxy groups -OCH3 is 1. The maximum absolute atomic E-state index is 5.76. The number of nitrogens with zero attached hydrogens (tertiary/aromatic N) is 2. The van der Waals surface area contributed by atoms with Crippen molar-refractivity contribution >= 4 is 0 Å². The van der Waals surface area contributed by atoms with Crippen LogP contribution in [-0.2, 0) is 15.9 Å². The number of hydrogen-bond donors (Lipinski definition) is 1. The molecule has 1 aromatic rings. The van der Waals surface area contributed by atoms with Crippen molar-refractivity contribution in [1.29, 1.82) is 0 Å². The van der Waals surface area contributed by atoms with Crippen LogP contribution in [0.5, 0.6) is 0 Å². The van der Waals surface area contributed by atoms with Crippen LogP contribution >= 0.6 is 0 Å². The minimum absolute atomic E-state index is 0.171. The molecule has 0 saturated heterocycles. The van der Waals surface area contributed by atoms with Gasteiger partial charge in [-0.2, -0.15) is 4.98 Å². The molecule has 0 saturated carbocycles. The number of nitrogens with two attached hydrogens (primary N) is 1. The summed E-state index contributed by atoms with van der Waals surface area (Å²) in [4.78, 5) is 4.18. The van der Waals surface area contributed by atoms with Crippen LogP contribution in [0.25, 0.3) is 0 Å². The first-order valence-electron chi connectivity index (χ1n) is 5.42. The largest absolute Gasteiger partial charge is 0.382 e. The van der Waals surface area contributed by atoms with Gasteiger partial charge in [-0.25, -0.2) is 0 Å². The van der Waals surface area contributed by atoms with Crippen molar-refractivity contribution in [3.63, 3.8) is 0 Å². The van der Waals surface area contributed by atoms with Gasteiger partial charge in [-0.3, -0.25) is 0 Å². The third-order valence-electron chi connectivity index (χ3n) is 2.14. The molecule has 6 nitrogen and oxygen atoms in total. The second kappa shape index (κ2) is 7.32. The molecule has 2 N–H and O–H groups in total. The Morgan fingerprint density at radius 3 is 2.88 bits per heavy atom. The van der Waals surface area contributed by atoms with Gasteiger partial charge < -0.3 is 19.7 Å². The lowest BCUT2D eigenvalue weighted by atomic mass is 10.2. The maximum Gasteiger partial charge on any atom is 0.243 e. The first kappa shape index (κ1) is 13.1. The molecule has 0 radical (unpaired) electrons. The van der Waals surface area contributed by atoms with Crippen LogP contribution < -0.4 is 5.73 Å². The van der Waals surface area contributed by atoms with E-state index in [1.54, 1.807) is 7.11 Å². The summed E-state index contributed by atoms with van der Waals surface area (Å²) >= 11 is 0. The highest BCUT2D eigenvalue weighted by Gasteiger charge is 2.12. The highest BCUT2D eigenvalue weighted by Crippen LogP contribution is 2.10. The minimum Gasteiger partial charge on any atom is -0.382 e. The highest BCUT2D eigenvalue weighted by molar-refractivity contribution is 4.91. The fourth-order valence-corrected chi connectivity index (χ4v) is 1.10. The van der Waals surface area contributed by atoms with Crippen molar-refractivity contribution in [1.82, 2.24) is 10.1 Å². The van der Waals surface area contributed by atoms with E-state index in [9.17, 15) is 0 Å². The predicted molar refractivity (Wildman–Crippen MR) is 57.9 cm³/mol. The average Bonchev–Trinajstić information content (AvgIpc) is 2.76. The number of hydrogen-bond acceptors (Lipinski definition) is 6. The third kappa shape index (κ3) is 4.26. The molecule has 0 aromatic carbocycles. The Bertz CT molecular complexity index is 291. The standard InChI is InChI=1S/C10H19N3O3/c1-3-8(11)10-12-9(13-16-10)4-5-15-7-6-14-2/h8H,3-7,11H2,1-2H3/t8-/m0/s1. The van der Waals surface area contributed by atoms with Gasteiger partial charge in [-0.15, -0.1) is 0 Å². The van der Waals surface area contributed by atoms with E-state index < -0.39 is 0 Å². The van der Waals surface area contributed by atoms with Crippen LogP contribution in [-0.4, -0.2) is 37.1 Å². The molecule has 0 fully saturated rings. The Kier molecular flexibility index (Phi) is 5.99. The molecular weight excluding hydrogens is 210 g/mol. The number of ether oxygens (including phenoxy) is 2. The van der Waals surface area contributed by atoms with Crippen LogP contribution in [0.15, 0.2) is 4.52 Å². The molecule has 16 heavy (non-hydrogen) atoms. The molecule has 92 valence electrons. The van der Waals surface area contributed by atoms with Crippen molar-refractivity contribution in [2.75, 3.05) is 26.9 Å². The van der Waals surface area contributed by atoms with Gasteiger partial charge in [0, 0.05) is 13.5 Å². The Morgan fingerprint density at radius 1 is 1.38 bits per heavy atom. The molecule has 0 aliphatic heterocycles. The molecule has 0 aliphatic carbocycles. The Morgan fingerprint density at radius 2 is 2.19 bits per heavy atom. The maximum atomic E-state index is 5.76. The first-order valence-corrected chi connectivity index (χ1v) is 5.42. The molecule has 1 heterocycles. The molecule has 1 atom stereocenters. The summed E-state index contributed by atoms with van der Waals surface area (Å²) in [5, 5.41) is 3.83. The molecule has 0 bridgehead atoms. The number of rotatable bonds is 8. The Hall–Kier alpha value is -0.980. The Balaban J connectivity index is 2.24. The van der Waals surface area contributed by atoms with Gasteiger partial charge in [0.15, 0.2) is 5.82 Å². The summed E-state index contributed by atoms with van der Waals surface area (Å²) in [6.45, 7) is 3.71. The van der Waals surface area contributed by atoms with Gasteiger partial charge in [-0.1, -0.05) is 12.1 Å². The highest BCUT2D eigenvalue weighted by atomic mass is 16.5. The van der Waals surface area contributed by atoms with Gasteiger partial charge in [0.2, 0.25) is 5.89 Å². The van der Waals surface area contributed by atoms with E-state index in [0.29, 0.717) is 38.0 Å². The predicted octanol–water partition coefficient (Wildman–Crippen LogP) is 0.685.